The summed E-state index contributed by atoms with van der Waals surface area (Å²) in [5.74, 6) is 0. The fraction of sp³-hybridized carbons (Fsp3) is 0.263. The van der Waals surface area contributed by atoms with Gasteiger partial charge in [0, 0.05) is 37.3 Å². The van der Waals surface area contributed by atoms with E-state index in [-0.39, 0.29) is 6.61 Å². The molecule has 1 aromatic heterocycles. The number of hydrogen-bond donors (Lipinski definition) is 2. The van der Waals surface area contributed by atoms with Crippen molar-refractivity contribution >= 4 is 10.9 Å². The number of fused-ring (bicyclic) bond motifs is 1. The Morgan fingerprint density at radius 2 is 1.86 bits per heavy atom. The molecule has 0 aliphatic rings. The van der Waals surface area contributed by atoms with E-state index in [1.165, 1.54) is 22.2 Å². The van der Waals surface area contributed by atoms with Crippen molar-refractivity contribution < 1.29 is 5.11 Å². The summed E-state index contributed by atoms with van der Waals surface area (Å²) in [6.07, 6.45) is 0.952. The summed E-state index contributed by atoms with van der Waals surface area (Å²) in [7, 11) is 0. The number of hydrogen-bond acceptors (Lipinski definition) is 2. The molecule has 113 valence electrons. The minimum atomic E-state index is 0.186. The second kappa shape index (κ2) is 7.25. The van der Waals surface area contributed by atoms with Gasteiger partial charge in [-0.2, -0.15) is 0 Å². The van der Waals surface area contributed by atoms with Crippen LogP contribution in [0.3, 0.4) is 0 Å². The zero-order valence-corrected chi connectivity index (χ0v) is 12.6. The maximum Gasteiger partial charge on any atom is 0.0558 e. The van der Waals surface area contributed by atoms with E-state index in [1.54, 1.807) is 0 Å². The molecule has 3 nitrogen and oxygen atoms in total. The first-order valence-electron chi connectivity index (χ1n) is 7.70. The third-order valence-electron chi connectivity index (χ3n) is 3.89. The number of nitrogens with zero attached hydrogens (tertiary/aromatic N) is 1. The second-order valence-electron chi connectivity index (χ2n) is 5.54. The average Bonchev–Trinajstić information content (AvgIpc) is 2.97. The maximum absolute atomic E-state index is 9.27. The second-order valence-corrected chi connectivity index (χ2v) is 5.54. The Kier molecular flexibility index (Phi) is 4.88. The highest BCUT2D eigenvalue weighted by atomic mass is 16.3. The fourth-order valence-corrected chi connectivity index (χ4v) is 2.74. The van der Waals surface area contributed by atoms with Crippen LogP contribution in [0.5, 0.6) is 0 Å². The Labute approximate surface area is 131 Å². The Hall–Kier alpha value is -2.10. The van der Waals surface area contributed by atoms with E-state index in [4.69, 9.17) is 0 Å². The molecular formula is C19H21N2O. The number of nitrogens with one attached hydrogen (secondary N) is 1. The first-order valence-corrected chi connectivity index (χ1v) is 7.70. The normalized spacial score (nSPS) is 11.4. The van der Waals surface area contributed by atoms with Gasteiger partial charge in [0.1, 0.15) is 0 Å². The number of aromatic nitrogens is 1. The van der Waals surface area contributed by atoms with Crippen LogP contribution in [0.25, 0.3) is 10.9 Å². The topological polar surface area (TPSA) is 39.3 Å². The van der Waals surface area contributed by atoms with Crippen LogP contribution in [0.4, 0.5) is 0 Å². The van der Waals surface area contributed by atoms with Crippen LogP contribution in [0.15, 0.2) is 54.6 Å². The molecule has 3 heteroatoms. The van der Waals surface area contributed by atoms with E-state index in [2.05, 4.69) is 52.3 Å². The van der Waals surface area contributed by atoms with Crippen molar-refractivity contribution in [3.05, 3.63) is 71.9 Å². The molecule has 0 saturated heterocycles. The smallest absolute Gasteiger partial charge is 0.0558 e. The Balaban J connectivity index is 1.63. The lowest BCUT2D eigenvalue weighted by atomic mass is 10.2. The van der Waals surface area contributed by atoms with Gasteiger partial charge < -0.3 is 10.1 Å². The summed E-state index contributed by atoms with van der Waals surface area (Å²) in [6, 6.07) is 21.6. The van der Waals surface area contributed by atoms with Crippen molar-refractivity contribution in [3.63, 3.8) is 0 Å². The van der Waals surface area contributed by atoms with Gasteiger partial charge in [-0.15, -0.1) is 0 Å². The van der Waals surface area contributed by atoms with Crippen LogP contribution in [-0.2, 0) is 13.0 Å². The summed E-state index contributed by atoms with van der Waals surface area (Å²) in [5, 5.41) is 10.5. The number of benzene rings is 2. The van der Waals surface area contributed by atoms with Crippen LogP contribution < -0.4 is 0 Å². The van der Waals surface area contributed by atoms with Crippen LogP contribution in [0, 0.1) is 6.07 Å². The Morgan fingerprint density at radius 1 is 1.05 bits per heavy atom. The van der Waals surface area contributed by atoms with Crippen molar-refractivity contribution in [1.29, 1.82) is 0 Å². The summed E-state index contributed by atoms with van der Waals surface area (Å²) < 4.78 is 0. The minimum absolute atomic E-state index is 0.186. The van der Waals surface area contributed by atoms with E-state index in [0.29, 0.717) is 6.54 Å². The van der Waals surface area contributed by atoms with Crippen molar-refractivity contribution in [2.75, 3.05) is 19.7 Å². The van der Waals surface area contributed by atoms with E-state index in [9.17, 15) is 5.11 Å². The van der Waals surface area contributed by atoms with Gasteiger partial charge >= 0.3 is 0 Å². The highest BCUT2D eigenvalue weighted by molar-refractivity contribution is 5.80. The van der Waals surface area contributed by atoms with E-state index >= 15 is 0 Å². The molecular weight excluding hydrogens is 272 g/mol. The standard InChI is InChI=1S/C19H21N2O/c22-13-12-21(15-16-6-2-1-3-7-16)11-10-18-14-17-8-4-5-9-19(17)20-18/h2-9,14,20,22H,10-13,15H2. The molecule has 0 unspecified atom stereocenters. The molecule has 0 aliphatic heterocycles. The van der Waals surface area contributed by atoms with E-state index < -0.39 is 0 Å². The molecule has 0 bridgehead atoms. The number of aromatic amines is 1. The van der Waals surface area contributed by atoms with Crippen molar-refractivity contribution in [2.45, 2.75) is 13.0 Å². The van der Waals surface area contributed by atoms with Crippen LogP contribution in [-0.4, -0.2) is 34.7 Å². The van der Waals surface area contributed by atoms with Gasteiger partial charge in [0.15, 0.2) is 0 Å². The van der Waals surface area contributed by atoms with Crippen molar-refractivity contribution in [2.24, 2.45) is 0 Å². The molecule has 3 aromatic rings. The van der Waals surface area contributed by atoms with Gasteiger partial charge in [0.2, 0.25) is 0 Å². The zero-order chi connectivity index (χ0) is 15.2. The Morgan fingerprint density at radius 3 is 2.64 bits per heavy atom. The molecule has 2 aromatic carbocycles. The monoisotopic (exact) mass is 293 g/mol. The lowest BCUT2D eigenvalue weighted by molar-refractivity contribution is 0.191. The van der Waals surface area contributed by atoms with Crippen LogP contribution in [0.1, 0.15) is 11.3 Å². The molecule has 22 heavy (non-hydrogen) atoms. The third kappa shape index (κ3) is 3.75. The molecule has 0 aliphatic carbocycles. The number of H-pyrrole nitrogens is 1. The van der Waals surface area contributed by atoms with Crippen molar-refractivity contribution in [3.8, 4) is 0 Å². The number of para-hydroxylation sites is 1. The predicted octanol–water partition coefficient (Wildman–Crippen LogP) is 3.01. The lowest BCUT2D eigenvalue weighted by Crippen LogP contribution is -2.28. The highest BCUT2D eigenvalue weighted by Gasteiger charge is 2.07. The molecule has 1 radical (unpaired) electrons. The van der Waals surface area contributed by atoms with Crippen LogP contribution >= 0.6 is 0 Å². The fourth-order valence-electron chi connectivity index (χ4n) is 2.74. The highest BCUT2D eigenvalue weighted by Crippen LogP contribution is 2.15. The number of aliphatic hydroxyl groups is 1. The van der Waals surface area contributed by atoms with Gasteiger partial charge in [-0.05, 0) is 29.1 Å². The average molecular weight is 293 g/mol. The van der Waals surface area contributed by atoms with Gasteiger partial charge in [-0.3, -0.25) is 4.90 Å². The first-order chi connectivity index (χ1) is 10.8. The predicted molar refractivity (Wildman–Crippen MR) is 89.6 cm³/mol. The van der Waals surface area contributed by atoms with E-state index in [1.807, 2.05) is 18.2 Å². The van der Waals surface area contributed by atoms with E-state index in [0.717, 1.165) is 19.5 Å². The number of rotatable bonds is 7. The number of aliphatic hydroxyl groups excluding tert-OH is 1. The maximum atomic E-state index is 9.27. The molecule has 0 fully saturated rings. The molecule has 0 saturated carbocycles. The lowest BCUT2D eigenvalue weighted by Gasteiger charge is -2.21. The summed E-state index contributed by atoms with van der Waals surface area (Å²) in [6.45, 7) is 2.66. The van der Waals surface area contributed by atoms with Crippen LogP contribution in [0.2, 0.25) is 0 Å². The molecule has 2 N–H and O–H groups in total. The quantitative estimate of drug-likeness (QED) is 0.703. The molecule has 0 amide bonds. The largest absolute Gasteiger partial charge is 0.395 e. The SMILES string of the molecule is OCCN(CCc1cc2ccccc2[nH]1)Cc1cc[c]cc1. The summed E-state index contributed by atoms with van der Waals surface area (Å²) >= 11 is 0. The molecule has 3 rings (SSSR count). The molecule has 0 spiro atoms. The first kappa shape index (κ1) is 14.8. The summed E-state index contributed by atoms with van der Waals surface area (Å²) in [4.78, 5) is 5.74. The molecule has 0 atom stereocenters. The zero-order valence-electron chi connectivity index (χ0n) is 12.6. The van der Waals surface area contributed by atoms with Crippen molar-refractivity contribution in [1.82, 2.24) is 9.88 Å². The van der Waals surface area contributed by atoms with Gasteiger partial charge in [0.25, 0.3) is 0 Å². The summed E-state index contributed by atoms with van der Waals surface area (Å²) in [5.41, 5.74) is 3.68. The molecule has 1 heterocycles. The Bertz CT molecular complexity index is 673. The van der Waals surface area contributed by atoms with Gasteiger partial charge in [-0.1, -0.05) is 42.5 Å². The van der Waals surface area contributed by atoms with Gasteiger partial charge in [-0.25, -0.2) is 0 Å². The van der Waals surface area contributed by atoms with Gasteiger partial charge in [0.05, 0.1) is 6.61 Å². The third-order valence-corrected chi connectivity index (χ3v) is 3.89. The minimum Gasteiger partial charge on any atom is -0.395 e.